The topological polar surface area (TPSA) is 175 Å². The molecular formula is C51H90O19. The first kappa shape index (κ1) is 58.2. The third-order valence-corrected chi connectivity index (χ3v) is 17.2. The highest BCUT2D eigenvalue weighted by Crippen LogP contribution is 2.53. The minimum atomic E-state index is -0.430. The second kappa shape index (κ2) is 23.1. The molecule has 0 N–H and O–H groups in total. The van der Waals surface area contributed by atoms with Crippen LogP contribution in [0.2, 0.25) is 0 Å². The fourth-order valence-electron chi connectivity index (χ4n) is 13.5. The Bertz CT molecular complexity index is 1630. The Morgan fingerprint density at radius 3 is 1.46 bits per heavy atom. The monoisotopic (exact) mass is 1010 g/mol. The van der Waals surface area contributed by atoms with E-state index in [1.165, 1.54) is 5.57 Å². The van der Waals surface area contributed by atoms with Gasteiger partial charge in [-0.15, -0.1) is 0 Å². The summed E-state index contributed by atoms with van der Waals surface area (Å²) in [4.78, 5) is 0. The van der Waals surface area contributed by atoms with Crippen LogP contribution in [0.4, 0.5) is 0 Å². The van der Waals surface area contributed by atoms with E-state index in [1.54, 1.807) is 71.1 Å². The van der Waals surface area contributed by atoms with Gasteiger partial charge in [0.05, 0.1) is 94.6 Å². The molecule has 10 aliphatic rings. The van der Waals surface area contributed by atoms with Crippen molar-refractivity contribution in [2.24, 2.45) is 5.92 Å². The summed E-state index contributed by atoms with van der Waals surface area (Å²) in [5.74, 6) is 0.343. The molecule has 10 bridgehead atoms. The van der Waals surface area contributed by atoms with Crippen molar-refractivity contribution in [3.8, 4) is 0 Å². The molecule has 10 rings (SSSR count). The van der Waals surface area contributed by atoms with E-state index in [1.807, 2.05) is 55.4 Å². The molecule has 0 aromatic carbocycles. The average molecular weight is 1010 g/mol. The molecule has 9 aliphatic heterocycles. The predicted octanol–water partition coefficient (Wildman–Crippen LogP) is 3.75. The fraction of sp³-hybridized carbons (Fsp3) is 0.961. The number of hydrogen-bond donors (Lipinski definition) is 0. The predicted molar refractivity (Wildman–Crippen MR) is 254 cm³/mol. The van der Waals surface area contributed by atoms with Crippen LogP contribution in [-0.4, -0.2) is 242 Å². The van der Waals surface area contributed by atoms with Gasteiger partial charge in [0.15, 0.2) is 0 Å². The highest BCUT2D eigenvalue weighted by molar-refractivity contribution is 5.26. The molecule has 9 saturated heterocycles. The third-order valence-electron chi connectivity index (χ3n) is 17.2. The highest BCUT2D eigenvalue weighted by atomic mass is 16.7. The first-order valence-electron chi connectivity index (χ1n) is 25.0. The van der Waals surface area contributed by atoms with E-state index in [0.717, 1.165) is 6.42 Å². The first-order chi connectivity index (χ1) is 33.2. The molecular weight excluding hydrogens is 917 g/mol. The molecule has 2 unspecified atom stereocenters. The maximum absolute atomic E-state index is 5.95. The lowest BCUT2D eigenvalue weighted by Gasteiger charge is -2.35. The van der Waals surface area contributed by atoms with E-state index < -0.39 is 22.4 Å². The van der Waals surface area contributed by atoms with Gasteiger partial charge < -0.3 is 90.0 Å². The largest absolute Gasteiger partial charge is 0.382 e. The number of methoxy groups -OCH3 is 10. The van der Waals surface area contributed by atoms with Gasteiger partial charge in [0, 0.05) is 83.4 Å². The zero-order valence-corrected chi connectivity index (χ0v) is 45.7. The van der Waals surface area contributed by atoms with Gasteiger partial charge >= 0.3 is 0 Å². The van der Waals surface area contributed by atoms with Gasteiger partial charge in [0.2, 0.25) is 0 Å². The van der Waals surface area contributed by atoms with Crippen molar-refractivity contribution in [3.05, 3.63) is 12.2 Å². The normalized spacial score (nSPS) is 49.2. The van der Waals surface area contributed by atoms with Gasteiger partial charge in [-0.3, -0.25) is 0 Å². The van der Waals surface area contributed by atoms with Crippen molar-refractivity contribution in [2.45, 2.75) is 200 Å². The van der Waals surface area contributed by atoms with Gasteiger partial charge in [-0.25, -0.2) is 0 Å². The lowest BCUT2D eigenvalue weighted by molar-refractivity contribution is -0.194. The summed E-state index contributed by atoms with van der Waals surface area (Å²) < 4.78 is 106. The van der Waals surface area contributed by atoms with Gasteiger partial charge in [-0.1, -0.05) is 12.2 Å². The van der Waals surface area contributed by atoms with Crippen LogP contribution in [0.1, 0.15) is 68.7 Å². The molecule has 9 heterocycles. The van der Waals surface area contributed by atoms with Crippen LogP contribution >= 0.6 is 0 Å². The van der Waals surface area contributed by atoms with Gasteiger partial charge in [0.25, 0.3) is 0 Å². The number of hydrogen-bond acceptors (Lipinski definition) is 19. The smallest absolute Gasteiger partial charge is 0.146 e. The Morgan fingerprint density at radius 2 is 1.04 bits per heavy atom. The summed E-state index contributed by atoms with van der Waals surface area (Å²) in [6, 6.07) is 0. The molecule has 1 saturated carbocycles. The van der Waals surface area contributed by atoms with E-state index >= 15 is 0 Å². The molecule has 408 valence electrons. The summed E-state index contributed by atoms with van der Waals surface area (Å²) in [5.41, 5.74) is -1.07. The molecule has 0 aromatic heterocycles. The van der Waals surface area contributed by atoms with Crippen molar-refractivity contribution in [3.63, 3.8) is 0 Å². The lowest BCUT2D eigenvalue weighted by atomic mass is 9.85. The molecule has 0 radical (unpaired) electrons. The van der Waals surface area contributed by atoms with Gasteiger partial charge in [-0.2, -0.15) is 0 Å². The quantitative estimate of drug-likeness (QED) is 0.217. The molecule has 23 atom stereocenters. The average Bonchev–Trinajstić information content (AvgIpc) is 4.24. The van der Waals surface area contributed by atoms with Crippen molar-refractivity contribution >= 4 is 0 Å². The molecule has 19 heteroatoms. The third kappa shape index (κ3) is 9.52. The number of rotatable bonds is 15. The Kier molecular flexibility index (Phi) is 19.2. The Hall–Kier alpha value is -1.02. The van der Waals surface area contributed by atoms with E-state index in [2.05, 4.69) is 13.5 Å². The second-order valence-corrected chi connectivity index (χ2v) is 20.9. The molecule has 70 heavy (non-hydrogen) atoms. The summed E-state index contributed by atoms with van der Waals surface area (Å²) in [5, 5.41) is 0. The van der Waals surface area contributed by atoms with Crippen LogP contribution in [0.15, 0.2) is 12.2 Å². The van der Waals surface area contributed by atoms with E-state index in [4.69, 9.17) is 90.0 Å². The molecule has 19 nitrogen and oxygen atoms in total. The van der Waals surface area contributed by atoms with Crippen LogP contribution in [-0.2, 0) is 90.0 Å². The lowest BCUT2D eigenvalue weighted by Crippen LogP contribution is -2.54. The standard InChI is InChI=1S/C11H18O3.4C10H18O4/c1-7-5-11(6-12-3)10(13-4)9(7)8(2)14-11;1-7-8-9(2,12-4)10(14-7,5-11-3)6-13-8;2*1-6-8-9(12-4)10(14-6,5-13-8)7(2)11-3;1-6-8-9(12-4)10(14-6,5-11-3)7(2)13-8/h8-10H,1,5-6H2,2-4H3;7-8H,5-6H2,1-4H3;3*6-9H,5H2,1-4H3/t8-,9?,10-,11?;7-,8+,9+,10+;6-,7+,8+,9+,10-;6-,7-,8+,9+,10-;6-,7+,8+,9+,10+/m00000/s1. The summed E-state index contributed by atoms with van der Waals surface area (Å²) >= 11 is 0. The van der Waals surface area contributed by atoms with Crippen molar-refractivity contribution in [1.82, 2.24) is 0 Å². The second-order valence-electron chi connectivity index (χ2n) is 20.9. The van der Waals surface area contributed by atoms with Crippen LogP contribution < -0.4 is 0 Å². The van der Waals surface area contributed by atoms with Gasteiger partial charge in [-0.05, 0) is 62.3 Å². The zero-order valence-electron chi connectivity index (χ0n) is 45.7. The van der Waals surface area contributed by atoms with Crippen LogP contribution in [0, 0.1) is 5.92 Å². The first-order valence-corrected chi connectivity index (χ1v) is 25.0. The minimum absolute atomic E-state index is 0.00699. The number of ether oxygens (including phenoxy) is 19. The Labute approximate surface area is 417 Å². The van der Waals surface area contributed by atoms with Crippen LogP contribution in [0.25, 0.3) is 0 Å². The van der Waals surface area contributed by atoms with Crippen molar-refractivity contribution < 1.29 is 90.0 Å². The summed E-state index contributed by atoms with van der Waals surface area (Å²) in [7, 11) is 17.0. The number of fused-ring (bicyclic) bond motifs is 10. The molecule has 10 fully saturated rings. The van der Waals surface area contributed by atoms with Crippen molar-refractivity contribution in [1.29, 1.82) is 0 Å². The maximum atomic E-state index is 5.95. The molecule has 0 amide bonds. The van der Waals surface area contributed by atoms with Gasteiger partial charge in [0.1, 0.15) is 76.3 Å². The Balaban J connectivity index is 0.000000143. The van der Waals surface area contributed by atoms with Crippen LogP contribution in [0.5, 0.6) is 0 Å². The minimum Gasteiger partial charge on any atom is -0.382 e. The molecule has 0 spiro atoms. The zero-order chi connectivity index (χ0) is 51.8. The van der Waals surface area contributed by atoms with Crippen LogP contribution in [0.3, 0.4) is 0 Å². The SMILES string of the molecule is C=C1CC2(COC)O[C@@H](C)C1[C@@H]2OC.COC[C@@]12O[C@@H](C)[C@@H](O[C@@H]1C)[C@H]2OC.COC[C@]12CO[C@H]([C@H](C)O1)[C@@]2(C)OC.CO[C@@H](C)[C@]12CO[C@H]([C@H](C)O1)[C@H]2OC.CO[C@@H]1[C@@H]2OC[C@@]1([C@@H](C)OC)O[C@H]2C. The summed E-state index contributed by atoms with van der Waals surface area (Å²) in [6.45, 7) is 25.6. The fourth-order valence-corrected chi connectivity index (χ4v) is 13.5. The molecule has 1 aliphatic carbocycles. The van der Waals surface area contributed by atoms with E-state index in [0.29, 0.717) is 45.6 Å². The highest BCUT2D eigenvalue weighted by Gasteiger charge is 2.69. The van der Waals surface area contributed by atoms with E-state index in [9.17, 15) is 0 Å². The Morgan fingerprint density at radius 1 is 0.543 bits per heavy atom. The van der Waals surface area contributed by atoms with Crippen molar-refractivity contribution in [2.75, 3.05) is 111 Å². The summed E-state index contributed by atoms with van der Waals surface area (Å²) in [6.07, 6.45) is 1.69. The maximum Gasteiger partial charge on any atom is 0.146 e. The van der Waals surface area contributed by atoms with E-state index in [-0.39, 0.29) is 109 Å². The molecule has 0 aromatic rings.